The van der Waals surface area contributed by atoms with Gasteiger partial charge in [0.1, 0.15) is 12.6 Å². The standard InChI is InChI=1S/C15H21NO4/c1-2-10-20-11-14(17)16-13(15(18)19)9-8-12-6-4-3-5-7-12/h3-7,13H,2,8-11H2,1H3,(H,16,17)(H,18,19)/t13-/m0/s1. The van der Waals surface area contributed by atoms with E-state index >= 15 is 0 Å². The number of aryl methyl sites for hydroxylation is 1. The molecule has 0 aliphatic rings. The fraction of sp³-hybridized carbons (Fsp3) is 0.467. The van der Waals surface area contributed by atoms with Gasteiger partial charge in [-0.2, -0.15) is 0 Å². The van der Waals surface area contributed by atoms with Crippen LogP contribution in [-0.2, 0) is 20.7 Å². The summed E-state index contributed by atoms with van der Waals surface area (Å²) >= 11 is 0. The van der Waals surface area contributed by atoms with Crippen molar-refractivity contribution in [2.45, 2.75) is 32.2 Å². The molecule has 1 atom stereocenters. The second kappa shape index (κ2) is 9.09. The molecule has 5 nitrogen and oxygen atoms in total. The zero-order valence-corrected chi connectivity index (χ0v) is 11.7. The number of carboxylic acid groups (broad SMARTS) is 1. The number of amides is 1. The van der Waals surface area contributed by atoms with E-state index in [2.05, 4.69) is 5.32 Å². The molecule has 0 unspecified atom stereocenters. The van der Waals surface area contributed by atoms with Crippen LogP contribution in [0.4, 0.5) is 0 Å². The molecule has 0 fully saturated rings. The Balaban J connectivity index is 2.40. The highest BCUT2D eigenvalue weighted by Crippen LogP contribution is 2.05. The molecular formula is C15H21NO4. The summed E-state index contributed by atoms with van der Waals surface area (Å²) in [5.41, 5.74) is 1.05. The molecule has 0 aliphatic heterocycles. The molecule has 0 bridgehead atoms. The van der Waals surface area contributed by atoms with Gasteiger partial charge in [0.2, 0.25) is 5.91 Å². The first kappa shape index (κ1) is 16.2. The van der Waals surface area contributed by atoms with Gasteiger partial charge in [-0.25, -0.2) is 4.79 Å². The Hall–Kier alpha value is -1.88. The minimum Gasteiger partial charge on any atom is -0.480 e. The average Bonchev–Trinajstić information content (AvgIpc) is 2.44. The van der Waals surface area contributed by atoms with Gasteiger partial charge in [0, 0.05) is 6.61 Å². The summed E-state index contributed by atoms with van der Waals surface area (Å²) in [6, 6.07) is 8.71. The van der Waals surface area contributed by atoms with E-state index in [0.717, 1.165) is 12.0 Å². The van der Waals surface area contributed by atoms with Gasteiger partial charge in [0.15, 0.2) is 0 Å². The summed E-state index contributed by atoms with van der Waals surface area (Å²) in [5.74, 6) is -1.41. The molecule has 1 aromatic carbocycles. The van der Waals surface area contributed by atoms with Crippen LogP contribution >= 0.6 is 0 Å². The van der Waals surface area contributed by atoms with Crippen LogP contribution < -0.4 is 5.32 Å². The Labute approximate surface area is 118 Å². The number of carbonyl (C=O) groups is 2. The van der Waals surface area contributed by atoms with Gasteiger partial charge in [-0.05, 0) is 24.8 Å². The van der Waals surface area contributed by atoms with Crippen molar-refractivity contribution in [3.05, 3.63) is 35.9 Å². The van der Waals surface area contributed by atoms with Crippen LogP contribution in [0.3, 0.4) is 0 Å². The van der Waals surface area contributed by atoms with Crippen LogP contribution in [0, 0.1) is 0 Å². The third-order valence-corrected chi connectivity index (χ3v) is 2.78. The number of ether oxygens (including phenoxy) is 1. The first-order valence-corrected chi connectivity index (χ1v) is 6.77. The lowest BCUT2D eigenvalue weighted by atomic mass is 10.1. The fourth-order valence-corrected chi connectivity index (χ4v) is 1.76. The number of benzene rings is 1. The third-order valence-electron chi connectivity index (χ3n) is 2.78. The lowest BCUT2D eigenvalue weighted by molar-refractivity contribution is -0.142. The van der Waals surface area contributed by atoms with E-state index in [1.807, 2.05) is 37.3 Å². The number of rotatable bonds is 9. The minimum atomic E-state index is -1.02. The second-order valence-corrected chi connectivity index (χ2v) is 4.54. The third kappa shape index (κ3) is 6.33. The molecule has 0 aliphatic carbocycles. The largest absolute Gasteiger partial charge is 0.480 e. The van der Waals surface area contributed by atoms with Crippen molar-refractivity contribution in [1.82, 2.24) is 5.32 Å². The molecule has 0 radical (unpaired) electrons. The van der Waals surface area contributed by atoms with E-state index in [4.69, 9.17) is 9.84 Å². The molecule has 0 heterocycles. The normalized spacial score (nSPS) is 11.8. The molecule has 1 rings (SSSR count). The van der Waals surface area contributed by atoms with Crippen molar-refractivity contribution in [1.29, 1.82) is 0 Å². The summed E-state index contributed by atoms with van der Waals surface area (Å²) in [7, 11) is 0. The molecule has 5 heteroatoms. The molecule has 0 saturated heterocycles. The van der Waals surface area contributed by atoms with Crippen molar-refractivity contribution in [2.75, 3.05) is 13.2 Å². The van der Waals surface area contributed by atoms with Gasteiger partial charge in [0.05, 0.1) is 0 Å². The zero-order valence-electron chi connectivity index (χ0n) is 11.7. The SMILES string of the molecule is CCCOCC(=O)N[C@@H](CCc1ccccc1)C(=O)O. The van der Waals surface area contributed by atoms with Crippen molar-refractivity contribution in [2.24, 2.45) is 0 Å². The Morgan fingerprint density at radius 3 is 2.60 bits per heavy atom. The van der Waals surface area contributed by atoms with Gasteiger partial charge in [-0.15, -0.1) is 0 Å². The molecule has 110 valence electrons. The lowest BCUT2D eigenvalue weighted by Crippen LogP contribution is -2.42. The Kier molecular flexibility index (Phi) is 7.35. The number of carbonyl (C=O) groups excluding carboxylic acids is 1. The summed E-state index contributed by atoms with van der Waals surface area (Å²) in [4.78, 5) is 22.7. The van der Waals surface area contributed by atoms with Crippen molar-refractivity contribution >= 4 is 11.9 Å². The highest BCUT2D eigenvalue weighted by Gasteiger charge is 2.19. The Bertz CT molecular complexity index is 419. The predicted octanol–water partition coefficient (Wildman–Crippen LogP) is 1.62. The number of aliphatic carboxylic acids is 1. The van der Waals surface area contributed by atoms with Gasteiger partial charge in [0.25, 0.3) is 0 Å². The molecule has 1 aromatic rings. The number of hydrogen-bond acceptors (Lipinski definition) is 3. The van der Waals surface area contributed by atoms with Gasteiger partial charge in [-0.3, -0.25) is 4.79 Å². The fourth-order valence-electron chi connectivity index (χ4n) is 1.76. The lowest BCUT2D eigenvalue weighted by Gasteiger charge is -2.14. The number of hydrogen-bond donors (Lipinski definition) is 2. The van der Waals surface area contributed by atoms with Gasteiger partial charge >= 0.3 is 5.97 Å². The molecule has 20 heavy (non-hydrogen) atoms. The maximum Gasteiger partial charge on any atom is 0.326 e. The Morgan fingerprint density at radius 1 is 1.30 bits per heavy atom. The minimum absolute atomic E-state index is 0.0943. The van der Waals surface area contributed by atoms with E-state index in [9.17, 15) is 9.59 Å². The smallest absolute Gasteiger partial charge is 0.326 e. The molecule has 2 N–H and O–H groups in total. The summed E-state index contributed by atoms with van der Waals surface area (Å²) < 4.78 is 5.08. The highest BCUT2D eigenvalue weighted by atomic mass is 16.5. The van der Waals surface area contributed by atoms with Crippen LogP contribution in [0.2, 0.25) is 0 Å². The van der Waals surface area contributed by atoms with Crippen molar-refractivity contribution in [3.8, 4) is 0 Å². The number of carboxylic acids is 1. The second-order valence-electron chi connectivity index (χ2n) is 4.54. The monoisotopic (exact) mass is 279 g/mol. The number of nitrogens with one attached hydrogen (secondary N) is 1. The van der Waals surface area contributed by atoms with Gasteiger partial charge < -0.3 is 15.2 Å². The maximum atomic E-state index is 11.5. The van der Waals surface area contributed by atoms with Crippen LogP contribution in [0.15, 0.2) is 30.3 Å². The van der Waals surface area contributed by atoms with E-state index in [0.29, 0.717) is 19.4 Å². The van der Waals surface area contributed by atoms with E-state index in [1.165, 1.54) is 0 Å². The van der Waals surface area contributed by atoms with Gasteiger partial charge in [-0.1, -0.05) is 37.3 Å². The zero-order chi connectivity index (χ0) is 14.8. The van der Waals surface area contributed by atoms with Crippen molar-refractivity contribution in [3.63, 3.8) is 0 Å². The summed E-state index contributed by atoms with van der Waals surface area (Å²) in [6.07, 6.45) is 1.79. The summed E-state index contributed by atoms with van der Waals surface area (Å²) in [5, 5.41) is 11.6. The first-order valence-electron chi connectivity index (χ1n) is 6.77. The van der Waals surface area contributed by atoms with Crippen LogP contribution in [0.1, 0.15) is 25.3 Å². The van der Waals surface area contributed by atoms with Crippen LogP contribution in [0.5, 0.6) is 0 Å². The molecule has 0 spiro atoms. The molecule has 0 saturated carbocycles. The highest BCUT2D eigenvalue weighted by molar-refractivity contribution is 5.84. The first-order chi connectivity index (χ1) is 9.63. The van der Waals surface area contributed by atoms with E-state index < -0.39 is 12.0 Å². The predicted molar refractivity (Wildman–Crippen MR) is 75.4 cm³/mol. The van der Waals surface area contributed by atoms with Crippen LogP contribution in [0.25, 0.3) is 0 Å². The molecule has 0 aromatic heterocycles. The van der Waals surface area contributed by atoms with E-state index in [1.54, 1.807) is 0 Å². The van der Waals surface area contributed by atoms with E-state index in [-0.39, 0.29) is 12.5 Å². The maximum absolute atomic E-state index is 11.5. The quantitative estimate of drug-likeness (QED) is 0.673. The van der Waals surface area contributed by atoms with Crippen molar-refractivity contribution < 1.29 is 19.4 Å². The Morgan fingerprint density at radius 2 is 2.00 bits per heavy atom. The molecule has 1 amide bonds. The topological polar surface area (TPSA) is 75.6 Å². The average molecular weight is 279 g/mol. The van der Waals surface area contributed by atoms with Crippen LogP contribution in [-0.4, -0.2) is 36.2 Å². The summed E-state index contributed by atoms with van der Waals surface area (Å²) in [6.45, 7) is 2.34. The molecular weight excluding hydrogens is 258 g/mol.